The monoisotopic (exact) mass is 238 g/mol. The van der Waals surface area contributed by atoms with Crippen molar-refractivity contribution < 1.29 is 0 Å². The number of nitrogens with zero attached hydrogens (tertiary/aromatic N) is 1. The molecule has 0 fully saturated rings. The summed E-state index contributed by atoms with van der Waals surface area (Å²) in [7, 11) is 0. The number of anilines is 1. The van der Waals surface area contributed by atoms with Crippen LogP contribution in [0.2, 0.25) is 10.3 Å². The van der Waals surface area contributed by atoms with Crippen LogP contribution in [0.25, 0.3) is 11.1 Å². The maximum atomic E-state index is 5.99. The number of nitrogens with two attached hydrogens (primary N) is 1. The highest BCUT2D eigenvalue weighted by Crippen LogP contribution is 2.33. The van der Waals surface area contributed by atoms with Crippen LogP contribution in [0.3, 0.4) is 0 Å². The zero-order valence-corrected chi connectivity index (χ0v) is 9.26. The molecule has 0 saturated heterocycles. The molecule has 1 aromatic heterocycles. The third kappa shape index (κ3) is 2.06. The van der Waals surface area contributed by atoms with E-state index in [2.05, 4.69) is 4.98 Å². The fraction of sp³-hybridized carbons (Fsp3) is 0. The highest BCUT2D eigenvalue weighted by atomic mass is 35.5. The first-order chi connectivity index (χ1) is 7.18. The molecule has 0 aliphatic carbocycles. The number of hydrogen-bond donors (Lipinski definition) is 1. The van der Waals surface area contributed by atoms with Crippen molar-refractivity contribution >= 4 is 28.9 Å². The van der Waals surface area contributed by atoms with E-state index in [9.17, 15) is 0 Å². The van der Waals surface area contributed by atoms with Crippen LogP contribution in [0.4, 0.5) is 5.69 Å². The van der Waals surface area contributed by atoms with Crippen LogP contribution in [0.1, 0.15) is 0 Å². The van der Waals surface area contributed by atoms with E-state index in [1.165, 1.54) is 0 Å². The second kappa shape index (κ2) is 4.09. The lowest BCUT2D eigenvalue weighted by molar-refractivity contribution is 1.33. The van der Waals surface area contributed by atoms with Crippen LogP contribution < -0.4 is 5.73 Å². The normalized spacial score (nSPS) is 10.3. The molecule has 0 aliphatic heterocycles. The standard InChI is InChI=1S/C11H8Cl2N2/c12-9-6-8(14)10(11(13)15-9)7-4-2-1-3-5-7/h1-6H,(H2,14,15). The fourth-order valence-corrected chi connectivity index (χ4v) is 1.95. The van der Waals surface area contributed by atoms with Crippen LogP contribution in [0.5, 0.6) is 0 Å². The van der Waals surface area contributed by atoms with Crippen molar-refractivity contribution in [1.82, 2.24) is 4.98 Å². The van der Waals surface area contributed by atoms with Crippen molar-refractivity contribution in [1.29, 1.82) is 0 Å². The van der Waals surface area contributed by atoms with Gasteiger partial charge in [0.05, 0.1) is 0 Å². The molecule has 0 spiro atoms. The first-order valence-corrected chi connectivity index (χ1v) is 5.11. The summed E-state index contributed by atoms with van der Waals surface area (Å²) in [5.74, 6) is 0. The maximum Gasteiger partial charge on any atom is 0.140 e. The molecule has 4 heteroatoms. The molecular weight excluding hydrogens is 231 g/mol. The van der Waals surface area contributed by atoms with E-state index >= 15 is 0 Å². The van der Waals surface area contributed by atoms with E-state index in [1.807, 2.05) is 30.3 Å². The van der Waals surface area contributed by atoms with Gasteiger partial charge in [0, 0.05) is 11.3 Å². The Balaban J connectivity index is 2.64. The highest BCUT2D eigenvalue weighted by molar-refractivity contribution is 6.35. The second-order valence-electron chi connectivity index (χ2n) is 3.07. The van der Waals surface area contributed by atoms with Gasteiger partial charge in [0.1, 0.15) is 10.3 Å². The van der Waals surface area contributed by atoms with Gasteiger partial charge in [-0.2, -0.15) is 0 Å². The number of hydrogen-bond acceptors (Lipinski definition) is 2. The molecule has 0 unspecified atom stereocenters. The lowest BCUT2D eigenvalue weighted by Crippen LogP contribution is -1.93. The summed E-state index contributed by atoms with van der Waals surface area (Å²) in [5, 5.41) is 0.628. The molecule has 2 nitrogen and oxygen atoms in total. The van der Waals surface area contributed by atoms with Crippen LogP contribution in [0, 0.1) is 0 Å². The van der Waals surface area contributed by atoms with Gasteiger partial charge in [-0.15, -0.1) is 0 Å². The predicted octanol–water partition coefficient (Wildman–Crippen LogP) is 3.64. The topological polar surface area (TPSA) is 38.9 Å². The average Bonchev–Trinajstić information content (AvgIpc) is 2.17. The maximum absolute atomic E-state index is 5.99. The zero-order chi connectivity index (χ0) is 10.8. The van der Waals surface area contributed by atoms with Gasteiger partial charge in [0.25, 0.3) is 0 Å². The van der Waals surface area contributed by atoms with E-state index in [1.54, 1.807) is 6.07 Å². The van der Waals surface area contributed by atoms with Gasteiger partial charge in [0.15, 0.2) is 0 Å². The van der Waals surface area contributed by atoms with Gasteiger partial charge < -0.3 is 5.73 Å². The van der Waals surface area contributed by atoms with Gasteiger partial charge in [-0.05, 0) is 11.6 Å². The van der Waals surface area contributed by atoms with E-state index in [4.69, 9.17) is 28.9 Å². The molecule has 0 saturated carbocycles. The van der Waals surface area contributed by atoms with Crippen molar-refractivity contribution in [3.63, 3.8) is 0 Å². The van der Waals surface area contributed by atoms with E-state index in [-0.39, 0.29) is 0 Å². The smallest absolute Gasteiger partial charge is 0.140 e. The molecule has 1 aromatic carbocycles. The summed E-state index contributed by atoms with van der Waals surface area (Å²) in [6.45, 7) is 0. The largest absolute Gasteiger partial charge is 0.398 e. The van der Waals surface area contributed by atoms with Crippen molar-refractivity contribution in [2.45, 2.75) is 0 Å². The Labute approximate surface area is 97.7 Å². The van der Waals surface area contributed by atoms with Gasteiger partial charge in [-0.3, -0.25) is 0 Å². The Morgan fingerprint density at radius 3 is 2.33 bits per heavy atom. The molecular formula is C11H8Cl2N2. The minimum absolute atomic E-state index is 0.303. The number of benzene rings is 1. The third-order valence-electron chi connectivity index (χ3n) is 2.04. The predicted molar refractivity (Wildman–Crippen MR) is 64.1 cm³/mol. The molecule has 2 rings (SSSR count). The zero-order valence-electron chi connectivity index (χ0n) is 7.74. The molecule has 0 radical (unpaired) electrons. The summed E-state index contributed by atoms with van der Waals surface area (Å²) in [6.07, 6.45) is 0. The van der Waals surface area contributed by atoms with Crippen molar-refractivity contribution in [3.8, 4) is 11.1 Å². The molecule has 2 aromatic rings. The summed E-state index contributed by atoms with van der Waals surface area (Å²) in [4.78, 5) is 3.96. The Morgan fingerprint density at radius 2 is 1.73 bits per heavy atom. The Hall–Kier alpha value is -1.25. The number of pyridine rings is 1. The van der Waals surface area contributed by atoms with Gasteiger partial charge in [0.2, 0.25) is 0 Å². The Morgan fingerprint density at radius 1 is 1.07 bits per heavy atom. The number of nitrogen functional groups attached to an aromatic ring is 1. The summed E-state index contributed by atoms with van der Waals surface area (Å²) in [5.41, 5.74) is 8.04. The minimum atomic E-state index is 0.303. The number of halogens is 2. The summed E-state index contributed by atoms with van der Waals surface area (Å²) >= 11 is 11.7. The van der Waals surface area contributed by atoms with E-state index < -0.39 is 0 Å². The average molecular weight is 239 g/mol. The Kier molecular flexibility index (Phi) is 2.80. The minimum Gasteiger partial charge on any atom is -0.398 e. The lowest BCUT2D eigenvalue weighted by Gasteiger charge is -2.07. The van der Waals surface area contributed by atoms with Gasteiger partial charge in [-0.1, -0.05) is 53.5 Å². The SMILES string of the molecule is Nc1cc(Cl)nc(Cl)c1-c1ccccc1. The highest BCUT2D eigenvalue weighted by Gasteiger charge is 2.09. The number of rotatable bonds is 1. The molecule has 0 bridgehead atoms. The van der Waals surface area contributed by atoms with E-state index in [0.29, 0.717) is 16.0 Å². The summed E-state index contributed by atoms with van der Waals surface area (Å²) in [6, 6.07) is 11.2. The van der Waals surface area contributed by atoms with Crippen molar-refractivity contribution in [3.05, 3.63) is 46.7 Å². The summed E-state index contributed by atoms with van der Waals surface area (Å²) < 4.78 is 0. The van der Waals surface area contributed by atoms with Crippen molar-refractivity contribution in [2.24, 2.45) is 0 Å². The van der Waals surface area contributed by atoms with Gasteiger partial charge >= 0.3 is 0 Å². The van der Waals surface area contributed by atoms with Crippen LogP contribution in [-0.2, 0) is 0 Å². The van der Waals surface area contributed by atoms with Crippen LogP contribution >= 0.6 is 23.2 Å². The van der Waals surface area contributed by atoms with Crippen LogP contribution in [0.15, 0.2) is 36.4 Å². The molecule has 0 atom stereocenters. The van der Waals surface area contributed by atoms with E-state index in [0.717, 1.165) is 11.1 Å². The molecule has 0 aliphatic rings. The third-order valence-corrected chi connectivity index (χ3v) is 2.50. The first-order valence-electron chi connectivity index (χ1n) is 4.35. The molecule has 15 heavy (non-hydrogen) atoms. The Bertz CT molecular complexity index is 460. The fourth-order valence-electron chi connectivity index (χ4n) is 1.39. The number of aromatic nitrogens is 1. The van der Waals surface area contributed by atoms with Gasteiger partial charge in [-0.25, -0.2) is 4.98 Å². The molecule has 76 valence electrons. The molecule has 1 heterocycles. The van der Waals surface area contributed by atoms with Crippen LogP contribution in [-0.4, -0.2) is 4.98 Å². The van der Waals surface area contributed by atoms with Crippen molar-refractivity contribution in [2.75, 3.05) is 5.73 Å². The first kappa shape index (κ1) is 10.3. The second-order valence-corrected chi connectivity index (χ2v) is 3.81. The quantitative estimate of drug-likeness (QED) is 0.771. The lowest BCUT2D eigenvalue weighted by atomic mass is 10.1. The molecule has 0 amide bonds. The molecule has 2 N–H and O–H groups in total.